The van der Waals surface area contributed by atoms with Crippen LogP contribution in [0.2, 0.25) is 0 Å². The molecule has 0 spiro atoms. The quantitative estimate of drug-likeness (QED) is 0.911. The van der Waals surface area contributed by atoms with E-state index in [-0.39, 0.29) is 5.91 Å². The van der Waals surface area contributed by atoms with Crippen LogP contribution in [0.5, 0.6) is 0 Å². The molecule has 1 heterocycles. The molecule has 110 valence electrons. The highest BCUT2D eigenvalue weighted by atomic mass is 16.2. The van der Waals surface area contributed by atoms with Gasteiger partial charge >= 0.3 is 0 Å². The number of anilines is 1. The second-order valence-corrected chi connectivity index (χ2v) is 5.58. The molecule has 1 aliphatic heterocycles. The van der Waals surface area contributed by atoms with Crippen molar-refractivity contribution in [2.75, 3.05) is 44.6 Å². The summed E-state index contributed by atoms with van der Waals surface area (Å²) in [7, 11) is 0. The van der Waals surface area contributed by atoms with Crippen molar-refractivity contribution < 1.29 is 4.79 Å². The Hall–Kier alpha value is -1.39. The summed E-state index contributed by atoms with van der Waals surface area (Å²) in [6, 6.07) is 6.14. The predicted molar refractivity (Wildman–Crippen MR) is 83.1 cm³/mol. The summed E-state index contributed by atoms with van der Waals surface area (Å²) < 4.78 is 0. The fourth-order valence-corrected chi connectivity index (χ4v) is 2.53. The van der Waals surface area contributed by atoms with Crippen LogP contribution in [0.15, 0.2) is 18.2 Å². The summed E-state index contributed by atoms with van der Waals surface area (Å²) in [5.74, 6) is 0.0867. The first-order chi connectivity index (χ1) is 9.58. The van der Waals surface area contributed by atoms with Crippen molar-refractivity contribution in [3.63, 3.8) is 0 Å². The zero-order valence-electron chi connectivity index (χ0n) is 12.8. The van der Waals surface area contributed by atoms with Crippen LogP contribution >= 0.6 is 0 Å². The van der Waals surface area contributed by atoms with E-state index in [1.807, 2.05) is 26.0 Å². The number of rotatable bonds is 4. The maximum absolute atomic E-state index is 12.1. The summed E-state index contributed by atoms with van der Waals surface area (Å²) >= 11 is 0. The number of likely N-dealkylation sites (N-methyl/N-ethyl adjacent to an activating group) is 1. The Morgan fingerprint density at radius 2 is 1.80 bits per heavy atom. The van der Waals surface area contributed by atoms with Gasteiger partial charge in [-0.2, -0.15) is 0 Å². The van der Waals surface area contributed by atoms with Crippen molar-refractivity contribution in [3.05, 3.63) is 29.3 Å². The molecule has 4 heteroatoms. The normalized spacial score (nSPS) is 17.1. The van der Waals surface area contributed by atoms with Crippen molar-refractivity contribution in [2.24, 2.45) is 0 Å². The lowest BCUT2D eigenvalue weighted by atomic mass is 10.1. The van der Waals surface area contributed by atoms with Crippen LogP contribution in [-0.4, -0.2) is 55.0 Å². The smallest absolute Gasteiger partial charge is 0.238 e. The standard InChI is InChI=1S/C16H25N3O/c1-4-18-7-9-19(10-8-18)12-16(20)17-15-11-13(2)5-6-14(15)3/h5-6,11H,4,7-10,12H2,1-3H3,(H,17,20). The van der Waals surface area contributed by atoms with Gasteiger partial charge in [0.05, 0.1) is 6.54 Å². The Kier molecular flexibility index (Phi) is 5.15. The lowest BCUT2D eigenvalue weighted by molar-refractivity contribution is -0.117. The predicted octanol–water partition coefficient (Wildman–Crippen LogP) is 1.88. The van der Waals surface area contributed by atoms with Gasteiger partial charge in [0.1, 0.15) is 0 Å². The SMILES string of the molecule is CCN1CCN(CC(=O)Nc2cc(C)ccc2C)CC1. The Labute approximate surface area is 121 Å². The summed E-state index contributed by atoms with van der Waals surface area (Å²) in [5, 5.41) is 3.03. The molecule has 0 radical (unpaired) electrons. The Balaban J connectivity index is 1.85. The largest absolute Gasteiger partial charge is 0.325 e. The van der Waals surface area contributed by atoms with Gasteiger partial charge in [-0.05, 0) is 37.6 Å². The fourth-order valence-electron chi connectivity index (χ4n) is 2.53. The van der Waals surface area contributed by atoms with Crippen molar-refractivity contribution in [2.45, 2.75) is 20.8 Å². The fraction of sp³-hybridized carbons (Fsp3) is 0.562. The van der Waals surface area contributed by atoms with E-state index in [0.717, 1.165) is 44.0 Å². The van der Waals surface area contributed by atoms with Crippen LogP contribution < -0.4 is 5.32 Å². The molecule has 1 saturated heterocycles. The molecule has 1 aliphatic rings. The average molecular weight is 275 g/mol. The summed E-state index contributed by atoms with van der Waals surface area (Å²) in [5.41, 5.74) is 3.21. The van der Waals surface area contributed by atoms with Gasteiger partial charge in [0.25, 0.3) is 0 Å². The van der Waals surface area contributed by atoms with Crippen molar-refractivity contribution in [1.82, 2.24) is 9.80 Å². The lowest BCUT2D eigenvalue weighted by Crippen LogP contribution is -2.48. The van der Waals surface area contributed by atoms with Gasteiger partial charge in [-0.3, -0.25) is 9.69 Å². The van der Waals surface area contributed by atoms with Gasteiger partial charge in [-0.1, -0.05) is 19.1 Å². The zero-order chi connectivity index (χ0) is 14.5. The number of hydrogen-bond donors (Lipinski definition) is 1. The highest BCUT2D eigenvalue weighted by Gasteiger charge is 2.17. The van der Waals surface area contributed by atoms with Gasteiger partial charge in [-0.15, -0.1) is 0 Å². The second-order valence-electron chi connectivity index (χ2n) is 5.58. The van der Waals surface area contributed by atoms with Gasteiger partial charge in [0.15, 0.2) is 0 Å². The zero-order valence-corrected chi connectivity index (χ0v) is 12.8. The number of nitrogens with one attached hydrogen (secondary N) is 1. The van der Waals surface area contributed by atoms with E-state index >= 15 is 0 Å². The number of hydrogen-bond acceptors (Lipinski definition) is 3. The minimum Gasteiger partial charge on any atom is -0.325 e. The van der Waals surface area contributed by atoms with E-state index in [0.29, 0.717) is 6.54 Å². The molecule has 1 N–H and O–H groups in total. The van der Waals surface area contributed by atoms with Crippen LogP contribution in [0.1, 0.15) is 18.1 Å². The maximum Gasteiger partial charge on any atom is 0.238 e. The molecule has 0 aromatic heterocycles. The number of piperazine rings is 1. The third kappa shape index (κ3) is 4.05. The summed E-state index contributed by atoms with van der Waals surface area (Å²) in [6.07, 6.45) is 0. The number of nitrogens with zero attached hydrogens (tertiary/aromatic N) is 2. The maximum atomic E-state index is 12.1. The van der Waals surface area contributed by atoms with Gasteiger partial charge in [0.2, 0.25) is 5.91 Å². The molecule has 0 aliphatic carbocycles. The number of amides is 1. The molecule has 0 atom stereocenters. The molecule has 1 aromatic rings. The molecule has 1 fully saturated rings. The van der Waals surface area contributed by atoms with E-state index in [1.54, 1.807) is 0 Å². The Morgan fingerprint density at radius 3 is 2.45 bits per heavy atom. The molecular weight excluding hydrogens is 250 g/mol. The van der Waals surface area contributed by atoms with E-state index in [9.17, 15) is 4.79 Å². The number of aryl methyl sites for hydroxylation is 2. The first kappa shape index (κ1) is 15.0. The third-order valence-corrected chi connectivity index (χ3v) is 3.95. The van der Waals surface area contributed by atoms with Gasteiger partial charge in [0, 0.05) is 31.9 Å². The molecule has 1 amide bonds. The first-order valence-electron chi connectivity index (χ1n) is 7.40. The van der Waals surface area contributed by atoms with Crippen molar-refractivity contribution >= 4 is 11.6 Å². The van der Waals surface area contributed by atoms with Crippen LogP contribution in [0.3, 0.4) is 0 Å². The highest BCUT2D eigenvalue weighted by Crippen LogP contribution is 2.16. The molecular formula is C16H25N3O. The third-order valence-electron chi connectivity index (χ3n) is 3.95. The van der Waals surface area contributed by atoms with E-state index in [4.69, 9.17) is 0 Å². The second kappa shape index (κ2) is 6.86. The first-order valence-corrected chi connectivity index (χ1v) is 7.40. The van der Waals surface area contributed by atoms with Crippen molar-refractivity contribution in [3.8, 4) is 0 Å². The van der Waals surface area contributed by atoms with Crippen molar-refractivity contribution in [1.29, 1.82) is 0 Å². The Bertz CT molecular complexity index is 465. The van der Waals surface area contributed by atoms with Gasteiger partial charge in [-0.25, -0.2) is 0 Å². The molecule has 0 unspecified atom stereocenters. The van der Waals surface area contributed by atoms with E-state index in [1.165, 1.54) is 5.56 Å². The van der Waals surface area contributed by atoms with E-state index < -0.39 is 0 Å². The molecule has 20 heavy (non-hydrogen) atoms. The monoisotopic (exact) mass is 275 g/mol. The number of benzene rings is 1. The molecule has 2 rings (SSSR count). The molecule has 0 bridgehead atoms. The Morgan fingerprint density at radius 1 is 1.15 bits per heavy atom. The number of carbonyl (C=O) groups excluding carboxylic acids is 1. The number of carbonyl (C=O) groups is 1. The van der Waals surface area contributed by atoms with Crippen LogP contribution in [-0.2, 0) is 4.79 Å². The lowest BCUT2D eigenvalue weighted by Gasteiger charge is -2.33. The summed E-state index contributed by atoms with van der Waals surface area (Å²) in [4.78, 5) is 16.8. The molecule has 1 aromatic carbocycles. The topological polar surface area (TPSA) is 35.6 Å². The minimum atomic E-state index is 0.0867. The minimum absolute atomic E-state index is 0.0867. The molecule has 4 nitrogen and oxygen atoms in total. The highest BCUT2D eigenvalue weighted by molar-refractivity contribution is 5.93. The van der Waals surface area contributed by atoms with Crippen LogP contribution in [0, 0.1) is 13.8 Å². The summed E-state index contributed by atoms with van der Waals surface area (Å²) in [6.45, 7) is 11.9. The molecule has 0 saturated carbocycles. The van der Waals surface area contributed by atoms with Crippen LogP contribution in [0.4, 0.5) is 5.69 Å². The van der Waals surface area contributed by atoms with E-state index in [2.05, 4.69) is 28.1 Å². The van der Waals surface area contributed by atoms with Crippen LogP contribution in [0.25, 0.3) is 0 Å². The van der Waals surface area contributed by atoms with Gasteiger partial charge < -0.3 is 10.2 Å². The average Bonchev–Trinajstić information content (AvgIpc) is 2.43.